The summed E-state index contributed by atoms with van der Waals surface area (Å²) < 4.78 is 31.8. The number of alkyl halides is 2. The summed E-state index contributed by atoms with van der Waals surface area (Å²) in [7, 11) is 0. The first kappa shape index (κ1) is 13.5. The standard InChI is InChI=1S/C13H20F2N2O/c1-2-16-7-3-4-12-17-9-11(18-12)10-5-6-13(14,15)8-10/h9-10,16H,2-8H2,1H3. The largest absolute Gasteiger partial charge is 0.445 e. The molecule has 3 nitrogen and oxygen atoms in total. The van der Waals surface area contributed by atoms with Gasteiger partial charge in [-0.3, -0.25) is 0 Å². The topological polar surface area (TPSA) is 38.1 Å². The molecule has 1 aromatic heterocycles. The molecule has 0 aromatic carbocycles. The van der Waals surface area contributed by atoms with Gasteiger partial charge in [-0.25, -0.2) is 13.8 Å². The third kappa shape index (κ3) is 3.51. The SMILES string of the molecule is CCNCCCc1ncc(C2CCC(F)(F)C2)o1. The molecule has 18 heavy (non-hydrogen) atoms. The van der Waals surface area contributed by atoms with E-state index in [2.05, 4.69) is 17.2 Å². The third-order valence-electron chi connectivity index (χ3n) is 3.37. The highest BCUT2D eigenvalue weighted by molar-refractivity contribution is 5.06. The van der Waals surface area contributed by atoms with E-state index < -0.39 is 5.92 Å². The van der Waals surface area contributed by atoms with Crippen molar-refractivity contribution in [3.8, 4) is 0 Å². The van der Waals surface area contributed by atoms with Crippen LogP contribution >= 0.6 is 0 Å². The smallest absolute Gasteiger partial charge is 0.248 e. The minimum Gasteiger partial charge on any atom is -0.445 e. The lowest BCUT2D eigenvalue weighted by Gasteiger charge is -2.07. The van der Waals surface area contributed by atoms with Crippen molar-refractivity contribution < 1.29 is 13.2 Å². The maximum Gasteiger partial charge on any atom is 0.248 e. The molecule has 0 bridgehead atoms. The van der Waals surface area contributed by atoms with Gasteiger partial charge in [-0.1, -0.05) is 6.92 Å². The molecular formula is C13H20F2N2O. The normalized spacial score (nSPS) is 22.5. The van der Waals surface area contributed by atoms with E-state index >= 15 is 0 Å². The van der Waals surface area contributed by atoms with Crippen LogP contribution in [0.25, 0.3) is 0 Å². The molecule has 0 aliphatic heterocycles. The Morgan fingerprint density at radius 1 is 1.56 bits per heavy atom. The molecule has 0 saturated heterocycles. The van der Waals surface area contributed by atoms with Crippen LogP contribution < -0.4 is 5.32 Å². The van der Waals surface area contributed by atoms with Crippen LogP contribution in [-0.4, -0.2) is 24.0 Å². The number of aromatic nitrogens is 1. The predicted molar refractivity (Wildman–Crippen MR) is 64.9 cm³/mol. The number of nitrogens with zero attached hydrogens (tertiary/aromatic N) is 1. The Morgan fingerprint density at radius 3 is 3.06 bits per heavy atom. The van der Waals surface area contributed by atoms with Crippen molar-refractivity contribution in [3.63, 3.8) is 0 Å². The first-order valence-corrected chi connectivity index (χ1v) is 6.64. The van der Waals surface area contributed by atoms with E-state index in [1.54, 1.807) is 6.20 Å². The summed E-state index contributed by atoms with van der Waals surface area (Å²) in [6.45, 7) is 3.94. The van der Waals surface area contributed by atoms with Gasteiger partial charge in [-0.2, -0.15) is 0 Å². The molecule has 1 unspecified atom stereocenters. The number of nitrogens with one attached hydrogen (secondary N) is 1. The van der Waals surface area contributed by atoms with Gasteiger partial charge in [0.1, 0.15) is 5.76 Å². The molecule has 102 valence electrons. The van der Waals surface area contributed by atoms with Crippen molar-refractivity contribution in [1.29, 1.82) is 0 Å². The van der Waals surface area contributed by atoms with Gasteiger partial charge >= 0.3 is 0 Å². The van der Waals surface area contributed by atoms with Crippen LogP contribution in [0.3, 0.4) is 0 Å². The zero-order valence-corrected chi connectivity index (χ0v) is 10.7. The Hall–Kier alpha value is -0.970. The van der Waals surface area contributed by atoms with Crippen LogP contribution in [0.2, 0.25) is 0 Å². The fourth-order valence-electron chi connectivity index (χ4n) is 2.36. The lowest BCUT2D eigenvalue weighted by Crippen LogP contribution is -2.14. The summed E-state index contributed by atoms with van der Waals surface area (Å²) in [6, 6.07) is 0. The summed E-state index contributed by atoms with van der Waals surface area (Å²) in [5.74, 6) is -1.39. The molecule has 2 rings (SSSR count). The zero-order chi connectivity index (χ0) is 13.0. The monoisotopic (exact) mass is 258 g/mol. The summed E-state index contributed by atoms with van der Waals surface area (Å²) in [5.41, 5.74) is 0. The average Bonchev–Trinajstić information content (AvgIpc) is 2.91. The number of aryl methyl sites for hydroxylation is 1. The highest BCUT2D eigenvalue weighted by Gasteiger charge is 2.41. The highest BCUT2D eigenvalue weighted by Crippen LogP contribution is 2.44. The van der Waals surface area contributed by atoms with Crippen molar-refractivity contribution in [2.45, 2.75) is 50.9 Å². The highest BCUT2D eigenvalue weighted by atomic mass is 19.3. The first-order valence-electron chi connectivity index (χ1n) is 6.64. The van der Waals surface area contributed by atoms with E-state index in [-0.39, 0.29) is 18.8 Å². The Kier molecular flexibility index (Phi) is 4.32. The molecular weight excluding hydrogens is 238 g/mol. The predicted octanol–water partition coefficient (Wildman–Crippen LogP) is 3.12. The van der Waals surface area contributed by atoms with Crippen LogP contribution in [0.5, 0.6) is 0 Å². The van der Waals surface area contributed by atoms with Gasteiger partial charge in [0.15, 0.2) is 5.89 Å². The van der Waals surface area contributed by atoms with Crippen LogP contribution in [0.4, 0.5) is 8.78 Å². The molecule has 1 aromatic rings. The molecule has 1 aliphatic carbocycles. The molecule has 1 N–H and O–H groups in total. The number of halogens is 2. The van der Waals surface area contributed by atoms with E-state index in [1.165, 1.54) is 0 Å². The van der Waals surface area contributed by atoms with Gasteiger partial charge in [0, 0.05) is 25.2 Å². The second-order valence-electron chi connectivity index (χ2n) is 4.91. The van der Waals surface area contributed by atoms with E-state index in [4.69, 9.17) is 4.42 Å². The van der Waals surface area contributed by atoms with Gasteiger partial charge in [0.2, 0.25) is 5.92 Å². The van der Waals surface area contributed by atoms with Crippen LogP contribution in [0.1, 0.15) is 50.2 Å². The van der Waals surface area contributed by atoms with Gasteiger partial charge < -0.3 is 9.73 Å². The molecule has 1 aliphatic rings. The molecule has 0 radical (unpaired) electrons. The van der Waals surface area contributed by atoms with Gasteiger partial charge in [-0.15, -0.1) is 0 Å². The van der Waals surface area contributed by atoms with Crippen molar-refractivity contribution in [1.82, 2.24) is 10.3 Å². The Bertz CT molecular complexity index is 379. The summed E-state index contributed by atoms with van der Waals surface area (Å²) >= 11 is 0. The Balaban J connectivity index is 1.83. The van der Waals surface area contributed by atoms with E-state index in [0.29, 0.717) is 18.1 Å². The minimum atomic E-state index is -2.53. The van der Waals surface area contributed by atoms with Crippen molar-refractivity contribution in [2.75, 3.05) is 13.1 Å². The fourth-order valence-corrected chi connectivity index (χ4v) is 2.36. The third-order valence-corrected chi connectivity index (χ3v) is 3.37. The van der Waals surface area contributed by atoms with Crippen molar-refractivity contribution >= 4 is 0 Å². The molecule has 1 heterocycles. The number of hydrogen-bond acceptors (Lipinski definition) is 3. The van der Waals surface area contributed by atoms with Crippen molar-refractivity contribution in [2.24, 2.45) is 0 Å². The quantitative estimate of drug-likeness (QED) is 0.797. The maximum absolute atomic E-state index is 13.1. The van der Waals surface area contributed by atoms with E-state index in [0.717, 1.165) is 25.9 Å². The number of oxazole rings is 1. The van der Waals surface area contributed by atoms with Gasteiger partial charge in [-0.05, 0) is 25.9 Å². The van der Waals surface area contributed by atoms with Crippen LogP contribution in [0.15, 0.2) is 10.6 Å². The van der Waals surface area contributed by atoms with Crippen molar-refractivity contribution in [3.05, 3.63) is 17.8 Å². The molecule has 1 saturated carbocycles. The zero-order valence-electron chi connectivity index (χ0n) is 10.7. The minimum absolute atomic E-state index is 0.0336. The molecule has 0 spiro atoms. The Morgan fingerprint density at radius 2 is 2.39 bits per heavy atom. The lowest BCUT2D eigenvalue weighted by atomic mass is 10.1. The maximum atomic E-state index is 13.1. The second kappa shape index (κ2) is 5.78. The summed E-state index contributed by atoms with van der Waals surface area (Å²) in [4.78, 5) is 4.17. The second-order valence-corrected chi connectivity index (χ2v) is 4.91. The van der Waals surface area contributed by atoms with Gasteiger partial charge in [0.05, 0.1) is 6.20 Å². The number of hydrogen-bond donors (Lipinski definition) is 1. The lowest BCUT2D eigenvalue weighted by molar-refractivity contribution is 0.00717. The molecule has 0 amide bonds. The van der Waals surface area contributed by atoms with E-state index in [9.17, 15) is 8.78 Å². The molecule has 1 atom stereocenters. The number of rotatable bonds is 6. The summed E-state index contributed by atoms with van der Waals surface area (Å²) in [5, 5.41) is 3.22. The molecule has 5 heteroatoms. The van der Waals surface area contributed by atoms with E-state index in [1.807, 2.05) is 0 Å². The van der Waals surface area contributed by atoms with Crippen LogP contribution in [0, 0.1) is 0 Å². The summed E-state index contributed by atoms with van der Waals surface area (Å²) in [6.07, 6.45) is 3.70. The fraction of sp³-hybridized carbons (Fsp3) is 0.769. The van der Waals surface area contributed by atoms with Crippen LogP contribution in [-0.2, 0) is 6.42 Å². The average molecular weight is 258 g/mol. The first-order chi connectivity index (χ1) is 8.61. The Labute approximate surface area is 106 Å². The molecule has 1 fully saturated rings. The van der Waals surface area contributed by atoms with Gasteiger partial charge in [0.25, 0.3) is 0 Å².